The SMILES string of the molecule is C=Cc1c(/C(=C\C)C(=O)NCc2ccnc(NS(C)(=O)=O)c2)cnn1-c1ccc(F)cc1. The monoisotopic (exact) mass is 455 g/mol. The van der Waals surface area contributed by atoms with E-state index in [1.165, 1.54) is 18.3 Å². The zero-order valence-corrected chi connectivity index (χ0v) is 18.4. The van der Waals surface area contributed by atoms with Gasteiger partial charge in [-0.3, -0.25) is 9.52 Å². The van der Waals surface area contributed by atoms with Crippen molar-refractivity contribution in [3.63, 3.8) is 0 Å². The molecule has 0 aliphatic rings. The van der Waals surface area contributed by atoms with E-state index in [2.05, 4.69) is 26.7 Å². The molecule has 0 unspecified atom stereocenters. The minimum Gasteiger partial charge on any atom is -0.348 e. The fraction of sp³-hybridized carbons (Fsp3) is 0.136. The van der Waals surface area contributed by atoms with Crippen LogP contribution in [0.1, 0.15) is 23.7 Å². The van der Waals surface area contributed by atoms with Gasteiger partial charge >= 0.3 is 0 Å². The maximum atomic E-state index is 13.3. The zero-order valence-electron chi connectivity index (χ0n) is 17.5. The van der Waals surface area contributed by atoms with Crippen molar-refractivity contribution in [2.75, 3.05) is 11.0 Å². The third-order valence-corrected chi connectivity index (χ3v) is 5.04. The van der Waals surface area contributed by atoms with Crippen molar-refractivity contribution in [2.24, 2.45) is 0 Å². The topological polar surface area (TPSA) is 106 Å². The molecule has 0 aliphatic carbocycles. The first-order valence-electron chi connectivity index (χ1n) is 9.56. The van der Waals surface area contributed by atoms with Crippen LogP contribution in [0.2, 0.25) is 0 Å². The maximum Gasteiger partial charge on any atom is 0.251 e. The van der Waals surface area contributed by atoms with Crippen LogP contribution >= 0.6 is 0 Å². The molecule has 1 aromatic carbocycles. The Morgan fingerprint density at radius 1 is 1.25 bits per heavy atom. The van der Waals surface area contributed by atoms with E-state index in [1.54, 1.807) is 54.2 Å². The molecular weight excluding hydrogens is 433 g/mol. The smallest absolute Gasteiger partial charge is 0.251 e. The Bertz CT molecular complexity index is 1280. The number of nitrogens with zero attached hydrogens (tertiary/aromatic N) is 3. The van der Waals surface area contributed by atoms with Crippen LogP contribution in [0.15, 0.2) is 61.4 Å². The van der Waals surface area contributed by atoms with Gasteiger partial charge in [0.2, 0.25) is 10.0 Å². The molecular formula is C22H22FN5O3S. The lowest BCUT2D eigenvalue weighted by Gasteiger charge is -2.11. The summed E-state index contributed by atoms with van der Waals surface area (Å²) in [5.41, 5.74) is 2.84. The van der Waals surface area contributed by atoms with Gasteiger partial charge in [0.05, 0.1) is 23.8 Å². The van der Waals surface area contributed by atoms with Gasteiger partial charge in [-0.15, -0.1) is 0 Å². The average molecular weight is 456 g/mol. The Morgan fingerprint density at radius 2 is 1.97 bits per heavy atom. The summed E-state index contributed by atoms with van der Waals surface area (Å²) in [4.78, 5) is 16.8. The molecule has 0 saturated carbocycles. The first-order valence-corrected chi connectivity index (χ1v) is 11.4. The fourth-order valence-corrected chi connectivity index (χ4v) is 3.56. The van der Waals surface area contributed by atoms with Crippen LogP contribution in [0.4, 0.5) is 10.2 Å². The van der Waals surface area contributed by atoms with Crippen LogP contribution in [0.5, 0.6) is 0 Å². The van der Waals surface area contributed by atoms with Crippen LogP contribution in [0, 0.1) is 5.82 Å². The quantitative estimate of drug-likeness (QED) is 0.508. The molecule has 0 radical (unpaired) electrons. The van der Waals surface area contributed by atoms with Gasteiger partial charge in [-0.2, -0.15) is 5.10 Å². The molecule has 2 heterocycles. The number of amides is 1. The summed E-state index contributed by atoms with van der Waals surface area (Å²) in [6.07, 6.45) is 7.28. The predicted molar refractivity (Wildman–Crippen MR) is 122 cm³/mol. The number of sulfonamides is 1. The first kappa shape index (κ1) is 22.9. The Labute approximate surface area is 185 Å². The lowest BCUT2D eigenvalue weighted by molar-refractivity contribution is -0.115. The summed E-state index contributed by atoms with van der Waals surface area (Å²) in [5, 5.41) is 7.14. The van der Waals surface area contributed by atoms with Crippen LogP contribution in [0.3, 0.4) is 0 Å². The Morgan fingerprint density at radius 3 is 2.59 bits per heavy atom. The van der Waals surface area contributed by atoms with Crippen molar-refractivity contribution >= 4 is 33.4 Å². The Balaban J connectivity index is 1.79. The second-order valence-corrected chi connectivity index (χ2v) is 8.59. The number of rotatable bonds is 8. The Hall–Kier alpha value is -3.79. The average Bonchev–Trinajstić information content (AvgIpc) is 3.16. The highest BCUT2D eigenvalue weighted by atomic mass is 32.2. The summed E-state index contributed by atoms with van der Waals surface area (Å²) in [5.74, 6) is -0.537. The molecule has 3 aromatic rings. The van der Waals surface area contributed by atoms with Crippen LogP contribution in [0.25, 0.3) is 17.3 Å². The van der Waals surface area contributed by atoms with E-state index in [0.29, 0.717) is 28.1 Å². The molecule has 0 bridgehead atoms. The third-order valence-electron chi connectivity index (χ3n) is 4.46. The molecule has 2 aromatic heterocycles. The summed E-state index contributed by atoms with van der Waals surface area (Å²) in [7, 11) is -3.46. The van der Waals surface area contributed by atoms with Crippen LogP contribution < -0.4 is 10.0 Å². The van der Waals surface area contributed by atoms with Crippen molar-refractivity contribution in [1.82, 2.24) is 20.1 Å². The lowest BCUT2D eigenvalue weighted by atomic mass is 10.1. The molecule has 8 nitrogen and oxygen atoms in total. The summed E-state index contributed by atoms with van der Waals surface area (Å²) < 4.78 is 39.9. The van der Waals surface area contributed by atoms with Crippen LogP contribution in [-0.2, 0) is 21.4 Å². The normalized spacial score (nSPS) is 11.8. The summed E-state index contributed by atoms with van der Waals surface area (Å²) in [6, 6.07) is 9.03. The van der Waals surface area contributed by atoms with Crippen molar-refractivity contribution in [2.45, 2.75) is 13.5 Å². The third kappa shape index (κ3) is 5.46. The second-order valence-electron chi connectivity index (χ2n) is 6.84. The molecule has 0 atom stereocenters. The largest absolute Gasteiger partial charge is 0.348 e. The number of carbonyl (C=O) groups excluding carboxylic acids is 1. The molecule has 10 heteroatoms. The molecule has 1 amide bonds. The fourth-order valence-electron chi connectivity index (χ4n) is 3.07. The second kappa shape index (κ2) is 9.56. The molecule has 0 saturated heterocycles. The molecule has 0 fully saturated rings. The number of hydrogen-bond acceptors (Lipinski definition) is 5. The van der Waals surface area contributed by atoms with Gasteiger partial charge in [0.1, 0.15) is 11.6 Å². The van der Waals surface area contributed by atoms with Crippen molar-refractivity contribution in [1.29, 1.82) is 0 Å². The van der Waals surface area contributed by atoms with E-state index >= 15 is 0 Å². The first-order chi connectivity index (χ1) is 15.2. The van der Waals surface area contributed by atoms with Crippen LogP contribution in [-0.4, -0.2) is 35.3 Å². The van der Waals surface area contributed by atoms with E-state index in [-0.39, 0.29) is 24.1 Å². The van der Waals surface area contributed by atoms with Crippen molar-refractivity contribution in [3.8, 4) is 5.69 Å². The van der Waals surface area contributed by atoms with E-state index in [1.807, 2.05) is 0 Å². The lowest BCUT2D eigenvalue weighted by Crippen LogP contribution is -2.24. The van der Waals surface area contributed by atoms with Crippen molar-refractivity contribution in [3.05, 3.63) is 84.1 Å². The summed E-state index contributed by atoms with van der Waals surface area (Å²) >= 11 is 0. The van der Waals surface area contributed by atoms with E-state index in [0.717, 1.165) is 6.26 Å². The molecule has 166 valence electrons. The van der Waals surface area contributed by atoms with E-state index in [4.69, 9.17) is 0 Å². The number of carbonyl (C=O) groups is 1. The molecule has 32 heavy (non-hydrogen) atoms. The minimum absolute atomic E-state index is 0.159. The number of benzene rings is 1. The van der Waals surface area contributed by atoms with Gasteiger partial charge in [0, 0.05) is 23.9 Å². The number of allylic oxidation sites excluding steroid dienone is 1. The molecule has 3 rings (SSSR count). The number of halogens is 1. The maximum absolute atomic E-state index is 13.3. The number of pyridine rings is 1. The standard InChI is InChI=1S/C22H22FN5O3S/c1-4-18(19-14-26-28(20(19)5-2)17-8-6-16(23)7-9-17)22(29)25-13-15-10-11-24-21(12-15)27-32(3,30)31/h4-12,14H,2,13H2,1,3H3,(H,24,27)(H,25,29)/b18-4+. The number of nitrogens with one attached hydrogen (secondary N) is 2. The highest BCUT2D eigenvalue weighted by Gasteiger charge is 2.18. The Kier molecular flexibility index (Phi) is 6.84. The van der Waals surface area contributed by atoms with E-state index in [9.17, 15) is 17.6 Å². The van der Waals surface area contributed by atoms with Gasteiger partial charge in [-0.05, 0) is 55.0 Å². The molecule has 0 spiro atoms. The van der Waals surface area contributed by atoms with Gasteiger partial charge in [-0.25, -0.2) is 22.5 Å². The molecule has 2 N–H and O–H groups in total. The number of aromatic nitrogens is 3. The predicted octanol–water partition coefficient (Wildman–Crippen LogP) is 3.14. The summed E-state index contributed by atoms with van der Waals surface area (Å²) in [6.45, 7) is 5.71. The van der Waals surface area contributed by atoms with Crippen molar-refractivity contribution < 1.29 is 17.6 Å². The number of hydrogen-bond donors (Lipinski definition) is 2. The van der Waals surface area contributed by atoms with E-state index < -0.39 is 10.0 Å². The highest BCUT2D eigenvalue weighted by molar-refractivity contribution is 7.92. The minimum atomic E-state index is -3.46. The molecule has 0 aliphatic heterocycles. The highest BCUT2D eigenvalue weighted by Crippen LogP contribution is 2.24. The number of anilines is 1. The van der Waals surface area contributed by atoms with Gasteiger partial charge in [0.25, 0.3) is 5.91 Å². The van der Waals surface area contributed by atoms with Gasteiger partial charge < -0.3 is 5.32 Å². The zero-order chi connectivity index (χ0) is 23.3. The van der Waals surface area contributed by atoms with Gasteiger partial charge in [0.15, 0.2) is 0 Å². The van der Waals surface area contributed by atoms with Gasteiger partial charge in [-0.1, -0.05) is 12.7 Å².